The maximum Gasteiger partial charge on any atom is 0.295 e. The van der Waals surface area contributed by atoms with Gasteiger partial charge < -0.3 is 29.0 Å². The molecule has 0 aliphatic carbocycles. The van der Waals surface area contributed by atoms with Crippen molar-refractivity contribution in [2.24, 2.45) is 0 Å². The number of carbonyl (C=O) groups is 2. The molecule has 1 saturated heterocycles. The second-order valence-electron chi connectivity index (χ2n) is 8.12. The van der Waals surface area contributed by atoms with Crippen molar-refractivity contribution >= 4 is 17.4 Å². The number of carbonyl (C=O) groups excluding carboxylic acids is 2. The van der Waals surface area contributed by atoms with Crippen molar-refractivity contribution in [3.8, 4) is 17.2 Å². The summed E-state index contributed by atoms with van der Waals surface area (Å²) in [4.78, 5) is 27.7. The van der Waals surface area contributed by atoms with Gasteiger partial charge in [0.1, 0.15) is 24.7 Å². The minimum Gasteiger partial charge on any atom is -0.507 e. The molecule has 0 spiro atoms. The van der Waals surface area contributed by atoms with Gasteiger partial charge in [-0.15, -0.1) is 0 Å². The first kappa shape index (κ1) is 23.6. The Bertz CT molecular complexity index is 1090. The van der Waals surface area contributed by atoms with Gasteiger partial charge in [0.15, 0.2) is 11.5 Å². The van der Waals surface area contributed by atoms with Crippen LogP contribution >= 0.6 is 0 Å². The van der Waals surface area contributed by atoms with Crippen LogP contribution in [0.1, 0.15) is 36.9 Å². The molecule has 1 unspecified atom stereocenters. The Morgan fingerprint density at radius 3 is 2.65 bits per heavy atom. The van der Waals surface area contributed by atoms with Crippen LogP contribution in [-0.4, -0.2) is 61.8 Å². The number of aliphatic hydroxyl groups excluding tert-OH is 1. The molecule has 2 aromatic rings. The number of rotatable bonds is 9. The van der Waals surface area contributed by atoms with Crippen LogP contribution in [0.15, 0.2) is 48.0 Å². The zero-order chi connectivity index (χ0) is 24.1. The Kier molecular flexibility index (Phi) is 7.37. The van der Waals surface area contributed by atoms with Gasteiger partial charge in [-0.05, 0) is 48.7 Å². The number of ether oxygens (including phenoxy) is 4. The molecule has 2 aliphatic heterocycles. The van der Waals surface area contributed by atoms with E-state index < -0.39 is 17.7 Å². The van der Waals surface area contributed by atoms with Crippen LogP contribution in [-0.2, 0) is 14.3 Å². The fraction of sp³-hybridized carbons (Fsp3) is 0.385. The van der Waals surface area contributed by atoms with E-state index in [4.69, 9.17) is 18.9 Å². The molecule has 4 rings (SSSR count). The summed E-state index contributed by atoms with van der Waals surface area (Å²) >= 11 is 0. The molecule has 34 heavy (non-hydrogen) atoms. The standard InChI is InChI=1S/C26H29NO7/c1-3-11-32-19-7-4-6-17(15-19)23-22(25(29)26(30)27(23)10-5-12-31-2)24(28)18-8-9-20-21(16-18)34-14-13-33-20/h4,6-9,15-16,23,28H,3,5,10-14H2,1-2H3/b24-22+. The number of likely N-dealkylation sites (tertiary alicyclic amines) is 1. The SMILES string of the molecule is CCCOc1cccc(C2/C(=C(\O)c3ccc4c(c3)OCCO4)C(=O)C(=O)N2CCCOC)c1. The minimum absolute atomic E-state index is 0.0340. The lowest BCUT2D eigenvalue weighted by molar-refractivity contribution is -0.140. The van der Waals surface area contributed by atoms with Crippen molar-refractivity contribution in [1.82, 2.24) is 4.90 Å². The molecule has 2 aliphatic rings. The highest BCUT2D eigenvalue weighted by Gasteiger charge is 2.46. The van der Waals surface area contributed by atoms with Crippen molar-refractivity contribution in [2.45, 2.75) is 25.8 Å². The van der Waals surface area contributed by atoms with E-state index in [1.165, 1.54) is 4.90 Å². The number of benzene rings is 2. The number of amides is 1. The molecule has 1 atom stereocenters. The maximum absolute atomic E-state index is 13.2. The second kappa shape index (κ2) is 10.6. The predicted octanol–water partition coefficient (Wildman–Crippen LogP) is 3.70. The fourth-order valence-corrected chi connectivity index (χ4v) is 4.18. The third-order valence-electron chi connectivity index (χ3n) is 5.75. The van der Waals surface area contributed by atoms with E-state index in [9.17, 15) is 14.7 Å². The van der Waals surface area contributed by atoms with Crippen LogP contribution in [0, 0.1) is 0 Å². The molecule has 0 radical (unpaired) electrons. The lowest BCUT2D eigenvalue weighted by Gasteiger charge is -2.26. The molecule has 2 aromatic carbocycles. The van der Waals surface area contributed by atoms with Crippen LogP contribution in [0.3, 0.4) is 0 Å². The zero-order valence-electron chi connectivity index (χ0n) is 19.4. The van der Waals surface area contributed by atoms with E-state index in [2.05, 4.69) is 0 Å². The fourth-order valence-electron chi connectivity index (χ4n) is 4.18. The number of hydrogen-bond acceptors (Lipinski definition) is 7. The number of hydrogen-bond donors (Lipinski definition) is 1. The minimum atomic E-state index is -0.754. The van der Waals surface area contributed by atoms with Gasteiger partial charge in [0.05, 0.1) is 18.2 Å². The first-order valence-electron chi connectivity index (χ1n) is 11.4. The van der Waals surface area contributed by atoms with Gasteiger partial charge in [-0.2, -0.15) is 0 Å². The first-order valence-corrected chi connectivity index (χ1v) is 11.4. The molecule has 1 amide bonds. The van der Waals surface area contributed by atoms with Crippen LogP contribution in [0.5, 0.6) is 17.2 Å². The Morgan fingerprint density at radius 1 is 1.09 bits per heavy atom. The molecular formula is C26H29NO7. The summed E-state index contributed by atoms with van der Waals surface area (Å²) in [6.07, 6.45) is 1.40. The number of aliphatic hydroxyl groups is 1. The molecule has 8 nitrogen and oxygen atoms in total. The highest BCUT2D eigenvalue weighted by Crippen LogP contribution is 2.41. The lowest BCUT2D eigenvalue weighted by atomic mass is 9.95. The molecule has 0 aromatic heterocycles. The quantitative estimate of drug-likeness (QED) is 0.260. The van der Waals surface area contributed by atoms with Crippen LogP contribution < -0.4 is 14.2 Å². The Morgan fingerprint density at radius 2 is 1.88 bits per heavy atom. The summed E-state index contributed by atoms with van der Waals surface area (Å²) in [6.45, 7) is 4.15. The summed E-state index contributed by atoms with van der Waals surface area (Å²) in [5, 5.41) is 11.3. The summed E-state index contributed by atoms with van der Waals surface area (Å²) in [7, 11) is 1.59. The summed E-state index contributed by atoms with van der Waals surface area (Å²) in [5.41, 5.74) is 1.10. The normalized spacial score (nSPS) is 18.9. The zero-order valence-corrected chi connectivity index (χ0v) is 19.4. The summed E-state index contributed by atoms with van der Waals surface area (Å²) in [6, 6.07) is 11.5. The van der Waals surface area contributed by atoms with E-state index >= 15 is 0 Å². The number of fused-ring (bicyclic) bond motifs is 1. The highest BCUT2D eigenvalue weighted by atomic mass is 16.6. The van der Waals surface area contributed by atoms with Crippen molar-refractivity contribution in [1.29, 1.82) is 0 Å². The van der Waals surface area contributed by atoms with Gasteiger partial charge in [-0.25, -0.2) is 0 Å². The van der Waals surface area contributed by atoms with Gasteiger partial charge in [0.2, 0.25) is 0 Å². The van der Waals surface area contributed by atoms with Crippen LogP contribution in [0.2, 0.25) is 0 Å². The molecule has 0 bridgehead atoms. The Hall–Kier alpha value is -3.52. The van der Waals surface area contributed by atoms with Crippen molar-refractivity contribution in [2.75, 3.05) is 40.1 Å². The van der Waals surface area contributed by atoms with Gasteiger partial charge in [0, 0.05) is 25.8 Å². The maximum atomic E-state index is 13.2. The molecular weight excluding hydrogens is 438 g/mol. The molecule has 1 N–H and O–H groups in total. The van der Waals surface area contributed by atoms with Crippen molar-refractivity contribution in [3.05, 3.63) is 59.2 Å². The molecule has 0 saturated carbocycles. The summed E-state index contributed by atoms with van der Waals surface area (Å²) in [5.74, 6) is 0.0571. The van der Waals surface area contributed by atoms with E-state index in [1.807, 2.05) is 31.2 Å². The molecule has 1 fully saturated rings. The van der Waals surface area contributed by atoms with Gasteiger partial charge in [-0.3, -0.25) is 9.59 Å². The predicted molar refractivity (Wildman–Crippen MR) is 125 cm³/mol. The number of ketones is 1. The molecule has 8 heteroatoms. The van der Waals surface area contributed by atoms with Crippen LogP contribution in [0.4, 0.5) is 0 Å². The molecule has 2 heterocycles. The largest absolute Gasteiger partial charge is 0.507 e. The Labute approximate surface area is 198 Å². The van der Waals surface area contributed by atoms with Gasteiger partial charge in [-0.1, -0.05) is 19.1 Å². The number of nitrogens with zero attached hydrogens (tertiary/aromatic N) is 1. The van der Waals surface area contributed by atoms with E-state index in [0.717, 1.165) is 6.42 Å². The monoisotopic (exact) mass is 467 g/mol. The van der Waals surface area contributed by atoms with Crippen molar-refractivity contribution < 1.29 is 33.6 Å². The average Bonchev–Trinajstić information content (AvgIpc) is 3.12. The first-order chi connectivity index (χ1) is 16.5. The third kappa shape index (κ3) is 4.72. The van der Waals surface area contributed by atoms with E-state index in [-0.39, 0.29) is 11.3 Å². The lowest BCUT2D eigenvalue weighted by Crippen LogP contribution is -2.31. The van der Waals surface area contributed by atoms with E-state index in [1.54, 1.807) is 25.3 Å². The smallest absolute Gasteiger partial charge is 0.295 e. The topological polar surface area (TPSA) is 94.5 Å². The number of methoxy groups -OCH3 is 1. The number of Topliss-reactive ketones (excluding diaryl/α,β-unsaturated/α-hetero) is 1. The summed E-state index contributed by atoms with van der Waals surface area (Å²) < 4.78 is 22.1. The van der Waals surface area contributed by atoms with Gasteiger partial charge >= 0.3 is 0 Å². The second-order valence-corrected chi connectivity index (χ2v) is 8.12. The average molecular weight is 468 g/mol. The highest BCUT2D eigenvalue weighted by molar-refractivity contribution is 6.46. The molecule has 180 valence electrons. The van der Waals surface area contributed by atoms with Crippen LogP contribution in [0.25, 0.3) is 5.76 Å². The Balaban J connectivity index is 1.78. The van der Waals surface area contributed by atoms with Crippen molar-refractivity contribution in [3.63, 3.8) is 0 Å². The van der Waals surface area contributed by atoms with Gasteiger partial charge in [0.25, 0.3) is 11.7 Å². The van der Waals surface area contributed by atoms with E-state index in [0.29, 0.717) is 67.8 Å². The third-order valence-corrected chi connectivity index (χ3v) is 5.75.